The van der Waals surface area contributed by atoms with Crippen molar-refractivity contribution in [2.45, 2.75) is 19.8 Å². The summed E-state index contributed by atoms with van der Waals surface area (Å²) in [5.74, 6) is -0.166. The Morgan fingerprint density at radius 3 is 3.12 bits per heavy atom. The SMILES string of the molecule is CC1(CNC(=O)c2ccon2)CCCNC1.Cl. The van der Waals surface area contributed by atoms with Crippen molar-refractivity contribution in [2.24, 2.45) is 5.41 Å². The molecule has 2 N–H and O–H groups in total. The molecule has 1 aromatic rings. The second-order valence-corrected chi connectivity index (χ2v) is 4.66. The van der Waals surface area contributed by atoms with E-state index in [0.29, 0.717) is 12.2 Å². The molecule has 0 spiro atoms. The molecule has 5 nitrogen and oxygen atoms in total. The van der Waals surface area contributed by atoms with Gasteiger partial charge in [-0.25, -0.2) is 0 Å². The molecule has 2 rings (SSSR count). The third kappa shape index (κ3) is 3.71. The highest BCUT2D eigenvalue weighted by molar-refractivity contribution is 5.91. The maximum absolute atomic E-state index is 11.6. The molecule has 2 heterocycles. The van der Waals surface area contributed by atoms with Crippen LogP contribution in [-0.4, -0.2) is 30.7 Å². The van der Waals surface area contributed by atoms with Gasteiger partial charge >= 0.3 is 0 Å². The summed E-state index contributed by atoms with van der Waals surface area (Å²) in [6.07, 6.45) is 3.70. The van der Waals surface area contributed by atoms with Crippen LogP contribution in [0.25, 0.3) is 0 Å². The van der Waals surface area contributed by atoms with E-state index >= 15 is 0 Å². The lowest BCUT2D eigenvalue weighted by atomic mass is 9.83. The fraction of sp³-hybridized carbons (Fsp3) is 0.636. The Bertz CT molecular complexity index is 348. The predicted molar refractivity (Wildman–Crippen MR) is 66.3 cm³/mol. The summed E-state index contributed by atoms with van der Waals surface area (Å²) in [6.45, 7) is 4.88. The van der Waals surface area contributed by atoms with E-state index in [9.17, 15) is 4.79 Å². The van der Waals surface area contributed by atoms with Crippen molar-refractivity contribution >= 4 is 18.3 Å². The van der Waals surface area contributed by atoms with Gasteiger partial charge in [0.25, 0.3) is 5.91 Å². The van der Waals surface area contributed by atoms with Crippen LogP contribution in [0.3, 0.4) is 0 Å². The van der Waals surface area contributed by atoms with Crippen molar-refractivity contribution in [1.29, 1.82) is 0 Å². The third-order valence-electron chi connectivity index (χ3n) is 3.03. The minimum absolute atomic E-state index is 0. The number of halogens is 1. The summed E-state index contributed by atoms with van der Waals surface area (Å²) >= 11 is 0. The minimum Gasteiger partial charge on any atom is -0.364 e. The van der Waals surface area contributed by atoms with Crippen molar-refractivity contribution < 1.29 is 9.32 Å². The third-order valence-corrected chi connectivity index (χ3v) is 3.03. The van der Waals surface area contributed by atoms with Gasteiger partial charge in [0.15, 0.2) is 5.69 Å². The summed E-state index contributed by atoms with van der Waals surface area (Å²) in [7, 11) is 0. The molecule has 1 aromatic heterocycles. The molecule has 0 bridgehead atoms. The van der Waals surface area contributed by atoms with E-state index in [4.69, 9.17) is 0 Å². The standard InChI is InChI=1S/C11H17N3O2.ClH/c1-11(4-2-5-12-7-11)8-13-10(15)9-3-6-16-14-9;/h3,6,12H,2,4-5,7-8H2,1H3,(H,13,15);1H. The first-order valence-electron chi connectivity index (χ1n) is 5.59. The van der Waals surface area contributed by atoms with Crippen LogP contribution in [0.1, 0.15) is 30.3 Å². The van der Waals surface area contributed by atoms with Crippen LogP contribution in [0, 0.1) is 5.41 Å². The smallest absolute Gasteiger partial charge is 0.273 e. The number of nitrogens with zero attached hydrogens (tertiary/aromatic N) is 1. The zero-order valence-corrected chi connectivity index (χ0v) is 10.7. The number of carbonyl (C=O) groups excluding carboxylic acids is 1. The van der Waals surface area contributed by atoms with E-state index in [1.165, 1.54) is 6.26 Å². The van der Waals surface area contributed by atoms with Gasteiger partial charge in [-0.3, -0.25) is 4.79 Å². The first-order chi connectivity index (χ1) is 7.70. The molecule has 1 aliphatic rings. The van der Waals surface area contributed by atoms with E-state index in [1.54, 1.807) is 6.07 Å². The maximum atomic E-state index is 11.6. The zero-order valence-electron chi connectivity index (χ0n) is 9.86. The molecule has 1 aliphatic heterocycles. The Kier molecular flexibility index (Phi) is 4.96. The molecule has 0 saturated carbocycles. The average molecular weight is 260 g/mol. The fourth-order valence-corrected chi connectivity index (χ4v) is 1.98. The van der Waals surface area contributed by atoms with Crippen LogP contribution in [0.2, 0.25) is 0 Å². The number of nitrogens with one attached hydrogen (secondary N) is 2. The summed E-state index contributed by atoms with van der Waals surface area (Å²) in [4.78, 5) is 11.6. The fourth-order valence-electron chi connectivity index (χ4n) is 1.98. The van der Waals surface area contributed by atoms with Crippen molar-refractivity contribution in [2.75, 3.05) is 19.6 Å². The number of hydrogen-bond acceptors (Lipinski definition) is 4. The topological polar surface area (TPSA) is 67.2 Å². The summed E-state index contributed by atoms with van der Waals surface area (Å²) in [5, 5.41) is 9.84. The maximum Gasteiger partial charge on any atom is 0.273 e. The van der Waals surface area contributed by atoms with Gasteiger partial charge in [0.1, 0.15) is 6.26 Å². The Morgan fingerprint density at radius 1 is 1.71 bits per heavy atom. The van der Waals surface area contributed by atoms with Gasteiger partial charge in [-0.1, -0.05) is 12.1 Å². The molecule has 1 amide bonds. The molecule has 17 heavy (non-hydrogen) atoms. The van der Waals surface area contributed by atoms with Crippen LogP contribution in [-0.2, 0) is 0 Å². The first-order valence-corrected chi connectivity index (χ1v) is 5.59. The van der Waals surface area contributed by atoms with Gasteiger partial charge in [-0.2, -0.15) is 0 Å². The van der Waals surface area contributed by atoms with E-state index in [0.717, 1.165) is 25.9 Å². The Hall–Kier alpha value is -1.07. The molecule has 0 radical (unpaired) electrons. The van der Waals surface area contributed by atoms with Crippen LogP contribution in [0.5, 0.6) is 0 Å². The average Bonchev–Trinajstić information content (AvgIpc) is 2.80. The Morgan fingerprint density at radius 2 is 2.53 bits per heavy atom. The Balaban J connectivity index is 0.00000144. The van der Waals surface area contributed by atoms with E-state index in [-0.39, 0.29) is 23.7 Å². The number of aromatic nitrogens is 1. The summed E-state index contributed by atoms with van der Waals surface area (Å²) in [6, 6.07) is 1.57. The predicted octanol–water partition coefficient (Wildman–Crippen LogP) is 1.22. The molecule has 1 atom stereocenters. The summed E-state index contributed by atoms with van der Waals surface area (Å²) in [5.41, 5.74) is 0.491. The van der Waals surface area contributed by atoms with Crippen molar-refractivity contribution in [3.05, 3.63) is 18.0 Å². The zero-order chi connectivity index (χ0) is 11.4. The molecular weight excluding hydrogens is 242 g/mol. The summed E-state index contributed by atoms with van der Waals surface area (Å²) < 4.78 is 4.63. The highest BCUT2D eigenvalue weighted by Crippen LogP contribution is 2.24. The molecule has 0 aromatic carbocycles. The molecule has 1 saturated heterocycles. The van der Waals surface area contributed by atoms with Gasteiger partial charge in [-0.15, -0.1) is 12.4 Å². The van der Waals surface area contributed by atoms with Crippen molar-refractivity contribution in [3.63, 3.8) is 0 Å². The van der Waals surface area contributed by atoms with Gasteiger partial charge < -0.3 is 15.2 Å². The van der Waals surface area contributed by atoms with Crippen LogP contribution >= 0.6 is 12.4 Å². The number of piperidine rings is 1. The van der Waals surface area contributed by atoms with Crippen LogP contribution < -0.4 is 10.6 Å². The van der Waals surface area contributed by atoms with E-state index in [1.807, 2.05) is 0 Å². The van der Waals surface area contributed by atoms with Gasteiger partial charge in [-0.05, 0) is 24.8 Å². The highest BCUT2D eigenvalue weighted by Gasteiger charge is 2.27. The van der Waals surface area contributed by atoms with Gasteiger partial charge in [0.2, 0.25) is 0 Å². The second-order valence-electron chi connectivity index (χ2n) is 4.66. The lowest BCUT2D eigenvalue weighted by Crippen LogP contribution is -2.45. The first kappa shape index (κ1) is 14.0. The van der Waals surface area contributed by atoms with E-state index in [2.05, 4.69) is 27.2 Å². The molecular formula is C11H18ClN3O2. The number of hydrogen-bond donors (Lipinski definition) is 2. The quantitative estimate of drug-likeness (QED) is 0.857. The molecule has 1 unspecified atom stereocenters. The molecule has 1 fully saturated rings. The highest BCUT2D eigenvalue weighted by atomic mass is 35.5. The van der Waals surface area contributed by atoms with Crippen molar-refractivity contribution in [1.82, 2.24) is 15.8 Å². The Labute approximate surface area is 107 Å². The minimum atomic E-state index is -0.166. The number of carbonyl (C=O) groups is 1. The number of rotatable bonds is 3. The van der Waals surface area contributed by atoms with Gasteiger partial charge in [0.05, 0.1) is 0 Å². The molecule has 0 aliphatic carbocycles. The second kappa shape index (κ2) is 6.02. The van der Waals surface area contributed by atoms with Crippen LogP contribution in [0.4, 0.5) is 0 Å². The monoisotopic (exact) mass is 259 g/mol. The largest absolute Gasteiger partial charge is 0.364 e. The van der Waals surface area contributed by atoms with Crippen LogP contribution in [0.15, 0.2) is 16.9 Å². The lowest BCUT2D eigenvalue weighted by Gasteiger charge is -2.34. The molecule has 6 heteroatoms. The molecule has 96 valence electrons. The normalized spacial score (nSPS) is 23.8. The van der Waals surface area contributed by atoms with E-state index < -0.39 is 0 Å². The lowest BCUT2D eigenvalue weighted by molar-refractivity contribution is 0.0915. The van der Waals surface area contributed by atoms with Crippen molar-refractivity contribution in [3.8, 4) is 0 Å². The van der Waals surface area contributed by atoms with Gasteiger partial charge in [0, 0.05) is 19.2 Å². The number of amides is 1.